The first-order chi connectivity index (χ1) is 8.52. The normalized spacial score (nSPS) is 10.7. The summed E-state index contributed by atoms with van der Waals surface area (Å²) in [6.45, 7) is 0. The van der Waals surface area contributed by atoms with Gasteiger partial charge < -0.3 is 0 Å². The lowest BCUT2D eigenvalue weighted by atomic mass is 10.0. The minimum Gasteiger partial charge on any atom is -0.122 e. The van der Waals surface area contributed by atoms with Gasteiger partial charge in [-0.1, -0.05) is 52.5 Å². The number of hydrogen-bond donors (Lipinski definition) is 0. The van der Waals surface area contributed by atoms with Crippen molar-refractivity contribution in [3.05, 3.63) is 56.0 Å². The van der Waals surface area contributed by atoms with Gasteiger partial charge in [-0.05, 0) is 35.4 Å². The van der Waals surface area contributed by atoms with Gasteiger partial charge in [-0.25, -0.2) is 0 Å². The lowest BCUT2D eigenvalue weighted by Gasteiger charge is -2.09. The molecule has 5 heteroatoms. The fraction of sp³-hybridized carbons (Fsp3) is 0.0769. The third-order valence-corrected chi connectivity index (χ3v) is 4.28. The molecule has 0 saturated carbocycles. The predicted octanol–water partition coefficient (Wildman–Crippen LogP) is 6.71. The van der Waals surface area contributed by atoms with Crippen molar-refractivity contribution in [3.63, 3.8) is 0 Å². The molecule has 0 amide bonds. The summed E-state index contributed by atoms with van der Waals surface area (Å²) in [6.07, 6.45) is 0. The van der Waals surface area contributed by atoms with Crippen LogP contribution in [-0.4, -0.2) is 0 Å². The van der Waals surface area contributed by atoms with E-state index in [2.05, 4.69) is 0 Å². The highest BCUT2D eigenvalue weighted by molar-refractivity contribution is 6.49. The molecule has 0 heterocycles. The van der Waals surface area contributed by atoms with Gasteiger partial charge in [0.1, 0.15) is 0 Å². The Balaban J connectivity index is 2.62. The third-order valence-electron chi connectivity index (χ3n) is 2.46. The molecule has 0 radical (unpaired) electrons. The minimum absolute atomic E-state index is 0.336. The van der Waals surface area contributed by atoms with Crippen LogP contribution in [0.5, 0.6) is 0 Å². The Hall–Kier alpha value is -0.110. The maximum atomic E-state index is 6.19. The Morgan fingerprint density at radius 2 is 1.56 bits per heavy atom. The van der Waals surface area contributed by atoms with Crippen molar-refractivity contribution >= 4 is 58.0 Å². The van der Waals surface area contributed by atoms with Crippen LogP contribution in [0.4, 0.5) is 0 Å². The van der Waals surface area contributed by atoms with Crippen molar-refractivity contribution in [2.45, 2.75) is 5.88 Å². The second kappa shape index (κ2) is 5.90. The summed E-state index contributed by atoms with van der Waals surface area (Å²) < 4.78 is 0. The van der Waals surface area contributed by atoms with E-state index in [1.54, 1.807) is 12.1 Å². The van der Waals surface area contributed by atoms with Crippen molar-refractivity contribution < 1.29 is 0 Å². The minimum atomic E-state index is 0.336. The van der Waals surface area contributed by atoms with Crippen molar-refractivity contribution in [2.24, 2.45) is 0 Å². The Morgan fingerprint density at radius 1 is 0.833 bits per heavy atom. The molecule has 0 aliphatic heterocycles. The average Bonchev–Trinajstić information content (AvgIpc) is 2.35. The van der Waals surface area contributed by atoms with Crippen LogP contribution in [0.2, 0.25) is 20.1 Å². The molecule has 0 nitrogen and oxygen atoms in total. The predicted molar refractivity (Wildman–Crippen MR) is 81.5 cm³/mol. The van der Waals surface area contributed by atoms with Gasteiger partial charge in [0.2, 0.25) is 0 Å². The van der Waals surface area contributed by atoms with Gasteiger partial charge in [0.15, 0.2) is 0 Å². The van der Waals surface area contributed by atoms with Crippen LogP contribution in [0, 0.1) is 0 Å². The SMILES string of the molecule is ClCc1cc(Cl)cc(-c2ccc(Cl)c(Cl)c2Cl)c1. The van der Waals surface area contributed by atoms with E-state index in [-0.39, 0.29) is 0 Å². The molecular formula is C13H7Cl5. The van der Waals surface area contributed by atoms with E-state index in [1.807, 2.05) is 18.2 Å². The van der Waals surface area contributed by atoms with Crippen LogP contribution in [0.25, 0.3) is 11.1 Å². The lowest BCUT2D eigenvalue weighted by Crippen LogP contribution is -1.85. The molecule has 2 rings (SSSR count). The highest BCUT2D eigenvalue weighted by Gasteiger charge is 2.11. The Kier molecular flexibility index (Phi) is 4.69. The zero-order valence-electron chi connectivity index (χ0n) is 8.98. The van der Waals surface area contributed by atoms with Crippen molar-refractivity contribution in [1.29, 1.82) is 0 Å². The summed E-state index contributed by atoms with van der Waals surface area (Å²) in [6, 6.07) is 9.05. The number of alkyl halides is 1. The second-order valence-electron chi connectivity index (χ2n) is 3.70. The molecule has 0 atom stereocenters. The first-order valence-corrected chi connectivity index (χ1v) is 7.07. The third kappa shape index (κ3) is 2.89. The summed E-state index contributed by atoms with van der Waals surface area (Å²) in [5, 5.41) is 1.77. The van der Waals surface area contributed by atoms with Crippen LogP contribution >= 0.6 is 58.0 Å². The second-order valence-corrected chi connectivity index (χ2v) is 5.57. The Labute approximate surface area is 130 Å². The molecule has 18 heavy (non-hydrogen) atoms. The van der Waals surface area contributed by atoms with Crippen molar-refractivity contribution in [2.75, 3.05) is 0 Å². The van der Waals surface area contributed by atoms with Crippen molar-refractivity contribution in [1.82, 2.24) is 0 Å². The fourth-order valence-electron chi connectivity index (χ4n) is 1.63. The van der Waals surface area contributed by atoms with E-state index in [0.717, 1.165) is 16.7 Å². The first kappa shape index (κ1) is 14.3. The van der Waals surface area contributed by atoms with E-state index in [1.165, 1.54) is 0 Å². The standard InChI is InChI=1S/C13H7Cl5/c14-6-7-3-8(5-9(15)4-7)10-1-2-11(16)13(18)12(10)17/h1-5H,6H2. The Bertz CT molecular complexity index is 592. The van der Waals surface area contributed by atoms with Gasteiger partial charge in [0.05, 0.1) is 15.1 Å². The van der Waals surface area contributed by atoms with Gasteiger partial charge in [0.25, 0.3) is 0 Å². The van der Waals surface area contributed by atoms with E-state index in [4.69, 9.17) is 58.0 Å². The fourth-order valence-corrected chi connectivity index (χ4v) is 2.69. The molecule has 2 aromatic carbocycles. The summed E-state index contributed by atoms with van der Waals surface area (Å²) in [4.78, 5) is 0. The van der Waals surface area contributed by atoms with Gasteiger partial charge in [0, 0.05) is 16.5 Å². The molecular weight excluding hydrogens is 333 g/mol. The lowest BCUT2D eigenvalue weighted by molar-refractivity contribution is 1.40. The van der Waals surface area contributed by atoms with Crippen LogP contribution < -0.4 is 0 Å². The molecule has 0 N–H and O–H groups in total. The average molecular weight is 340 g/mol. The molecule has 94 valence electrons. The van der Waals surface area contributed by atoms with Crippen LogP contribution in [0.15, 0.2) is 30.3 Å². The molecule has 0 bridgehead atoms. The van der Waals surface area contributed by atoms with Gasteiger partial charge in [-0.3, -0.25) is 0 Å². The Morgan fingerprint density at radius 3 is 2.22 bits per heavy atom. The highest BCUT2D eigenvalue weighted by atomic mass is 35.5. The smallest absolute Gasteiger partial charge is 0.0784 e. The van der Waals surface area contributed by atoms with E-state index < -0.39 is 0 Å². The van der Waals surface area contributed by atoms with E-state index in [0.29, 0.717) is 26.0 Å². The highest BCUT2D eigenvalue weighted by Crippen LogP contribution is 2.39. The van der Waals surface area contributed by atoms with Gasteiger partial charge in [-0.15, -0.1) is 11.6 Å². The zero-order chi connectivity index (χ0) is 13.3. The molecule has 0 saturated heterocycles. The molecule has 0 aliphatic carbocycles. The maximum absolute atomic E-state index is 6.19. The monoisotopic (exact) mass is 338 g/mol. The summed E-state index contributed by atoms with van der Waals surface area (Å²) in [5.41, 5.74) is 2.56. The largest absolute Gasteiger partial charge is 0.122 e. The van der Waals surface area contributed by atoms with Gasteiger partial charge in [-0.2, -0.15) is 0 Å². The zero-order valence-corrected chi connectivity index (χ0v) is 12.8. The quantitative estimate of drug-likeness (QED) is 0.421. The summed E-state index contributed by atoms with van der Waals surface area (Å²) in [5.74, 6) is 0.381. The molecule has 0 spiro atoms. The summed E-state index contributed by atoms with van der Waals surface area (Å²) >= 11 is 30.0. The topological polar surface area (TPSA) is 0 Å². The van der Waals surface area contributed by atoms with Gasteiger partial charge >= 0.3 is 0 Å². The number of hydrogen-bond acceptors (Lipinski definition) is 0. The number of halogens is 5. The number of rotatable bonds is 2. The van der Waals surface area contributed by atoms with Crippen molar-refractivity contribution in [3.8, 4) is 11.1 Å². The summed E-state index contributed by atoms with van der Waals surface area (Å²) in [7, 11) is 0. The first-order valence-electron chi connectivity index (χ1n) is 5.02. The molecule has 0 aliphatic rings. The maximum Gasteiger partial charge on any atom is 0.0784 e. The number of benzene rings is 2. The molecule has 0 fully saturated rings. The van der Waals surface area contributed by atoms with E-state index in [9.17, 15) is 0 Å². The van der Waals surface area contributed by atoms with Crippen LogP contribution in [0.3, 0.4) is 0 Å². The molecule has 0 aromatic heterocycles. The molecule has 2 aromatic rings. The van der Waals surface area contributed by atoms with E-state index >= 15 is 0 Å². The van der Waals surface area contributed by atoms with Crippen LogP contribution in [-0.2, 0) is 5.88 Å². The molecule has 0 unspecified atom stereocenters. The van der Waals surface area contributed by atoms with Crippen LogP contribution in [0.1, 0.15) is 5.56 Å².